The molecule has 0 heterocycles. The van der Waals surface area contributed by atoms with E-state index < -0.39 is 0 Å². The molecule has 118 valence electrons. The zero-order valence-corrected chi connectivity index (χ0v) is 14.9. The van der Waals surface area contributed by atoms with Crippen molar-refractivity contribution in [2.45, 2.75) is 72.6 Å². The van der Waals surface area contributed by atoms with Gasteiger partial charge < -0.3 is 0 Å². The second-order valence-electron chi connectivity index (χ2n) is 8.54. The van der Waals surface area contributed by atoms with Crippen LogP contribution in [0.4, 0.5) is 0 Å². The molecule has 0 saturated heterocycles. The fraction of sp³-hybridized carbons (Fsp3) is 0.714. The second-order valence-corrected chi connectivity index (χ2v) is 8.54. The minimum Gasteiger partial charge on any atom is -0.0628 e. The highest BCUT2D eigenvalue weighted by Crippen LogP contribution is 2.53. The van der Waals surface area contributed by atoms with Crippen molar-refractivity contribution in [1.82, 2.24) is 0 Å². The molecule has 0 nitrogen and oxygen atoms in total. The highest BCUT2D eigenvalue weighted by Gasteiger charge is 2.46. The van der Waals surface area contributed by atoms with Crippen LogP contribution in [-0.4, -0.2) is 0 Å². The van der Waals surface area contributed by atoms with Crippen molar-refractivity contribution in [2.24, 2.45) is 23.7 Å². The molecule has 0 fully saturated rings. The average Bonchev–Trinajstić information content (AvgIpc) is 2.61. The maximum absolute atomic E-state index is 2.43. The van der Waals surface area contributed by atoms with Crippen LogP contribution in [0.2, 0.25) is 0 Å². The molecule has 0 saturated carbocycles. The summed E-state index contributed by atoms with van der Waals surface area (Å²) in [6.07, 6.45) is 5.36. The molecule has 0 heteroatoms. The minimum atomic E-state index is 0.420. The van der Waals surface area contributed by atoms with Crippen molar-refractivity contribution >= 4 is 0 Å². The van der Waals surface area contributed by atoms with E-state index in [-0.39, 0.29) is 0 Å². The Balaban J connectivity index is 2.46. The molecule has 1 aliphatic rings. The zero-order valence-electron chi connectivity index (χ0n) is 14.9. The normalized spacial score (nSPS) is 20.5. The van der Waals surface area contributed by atoms with Crippen molar-refractivity contribution in [1.29, 1.82) is 0 Å². The van der Waals surface area contributed by atoms with Crippen LogP contribution < -0.4 is 0 Å². The van der Waals surface area contributed by atoms with Gasteiger partial charge in [-0.05, 0) is 65.9 Å². The Morgan fingerprint density at radius 2 is 1.48 bits per heavy atom. The Hall–Kier alpha value is -0.780. The molecule has 0 radical (unpaired) electrons. The summed E-state index contributed by atoms with van der Waals surface area (Å²) in [6.45, 7) is 14.4. The van der Waals surface area contributed by atoms with Gasteiger partial charge in [0.05, 0.1) is 0 Å². The van der Waals surface area contributed by atoms with E-state index >= 15 is 0 Å². The first-order valence-electron chi connectivity index (χ1n) is 8.93. The molecule has 0 aliphatic heterocycles. The first kappa shape index (κ1) is 16.6. The maximum atomic E-state index is 2.43. The van der Waals surface area contributed by atoms with Gasteiger partial charge in [0.25, 0.3) is 0 Å². The van der Waals surface area contributed by atoms with Gasteiger partial charge in [-0.3, -0.25) is 0 Å². The molecule has 1 aliphatic carbocycles. The summed E-state index contributed by atoms with van der Waals surface area (Å²) in [5, 5.41) is 0. The molecule has 0 aromatic heterocycles. The molecule has 1 unspecified atom stereocenters. The van der Waals surface area contributed by atoms with E-state index in [0.29, 0.717) is 5.41 Å². The van der Waals surface area contributed by atoms with Gasteiger partial charge in [0.15, 0.2) is 0 Å². The van der Waals surface area contributed by atoms with Gasteiger partial charge in [-0.1, -0.05) is 65.8 Å². The van der Waals surface area contributed by atoms with E-state index in [1.54, 1.807) is 11.1 Å². The molecule has 0 spiro atoms. The standard InChI is InChI=1S/C21H34/c1-15(2)11-19-12-18-9-7-8-10-20(18)21(19,13-16(3)4)14-17(5)6/h7-10,15-17,19H,11-14H2,1-6H3. The highest BCUT2D eigenvalue weighted by atomic mass is 14.5. The Morgan fingerprint density at radius 3 is 2.00 bits per heavy atom. The lowest BCUT2D eigenvalue weighted by Crippen LogP contribution is -2.35. The lowest BCUT2D eigenvalue weighted by Gasteiger charge is -2.40. The monoisotopic (exact) mass is 286 g/mol. The van der Waals surface area contributed by atoms with Gasteiger partial charge in [-0.15, -0.1) is 0 Å². The molecule has 0 amide bonds. The summed E-state index contributed by atoms with van der Waals surface area (Å²) in [4.78, 5) is 0. The van der Waals surface area contributed by atoms with Crippen LogP contribution in [0.25, 0.3) is 0 Å². The summed E-state index contributed by atoms with van der Waals surface area (Å²) >= 11 is 0. The first-order valence-corrected chi connectivity index (χ1v) is 8.93. The molecule has 1 aromatic carbocycles. The summed E-state index contributed by atoms with van der Waals surface area (Å²) in [5.41, 5.74) is 3.73. The van der Waals surface area contributed by atoms with Crippen molar-refractivity contribution in [3.05, 3.63) is 35.4 Å². The third-order valence-electron chi connectivity index (χ3n) is 5.10. The SMILES string of the molecule is CC(C)CC1Cc2ccccc2C1(CC(C)C)CC(C)C. The van der Waals surface area contributed by atoms with Crippen molar-refractivity contribution in [3.63, 3.8) is 0 Å². The van der Waals surface area contributed by atoms with Crippen LogP contribution in [0.3, 0.4) is 0 Å². The van der Waals surface area contributed by atoms with E-state index in [1.807, 2.05) is 0 Å². The third-order valence-corrected chi connectivity index (χ3v) is 5.10. The molecule has 21 heavy (non-hydrogen) atoms. The molecule has 0 N–H and O–H groups in total. The van der Waals surface area contributed by atoms with Crippen molar-refractivity contribution in [3.8, 4) is 0 Å². The predicted octanol–water partition coefficient (Wildman–Crippen LogP) is 6.24. The highest BCUT2D eigenvalue weighted by molar-refractivity contribution is 5.41. The Kier molecular flexibility index (Phi) is 5.17. The van der Waals surface area contributed by atoms with E-state index in [9.17, 15) is 0 Å². The van der Waals surface area contributed by atoms with Crippen LogP contribution in [0, 0.1) is 23.7 Å². The topological polar surface area (TPSA) is 0 Å². The predicted molar refractivity (Wildman–Crippen MR) is 93.7 cm³/mol. The first-order chi connectivity index (χ1) is 9.85. The van der Waals surface area contributed by atoms with Gasteiger partial charge in [0.2, 0.25) is 0 Å². The molecule has 1 aromatic rings. The molecule has 2 rings (SSSR count). The largest absolute Gasteiger partial charge is 0.0628 e. The fourth-order valence-electron chi connectivity index (χ4n) is 4.84. The van der Waals surface area contributed by atoms with Gasteiger partial charge in [0, 0.05) is 0 Å². The summed E-state index contributed by atoms with van der Waals surface area (Å²) in [5.74, 6) is 3.16. The van der Waals surface area contributed by atoms with E-state index in [0.717, 1.165) is 23.7 Å². The summed E-state index contributed by atoms with van der Waals surface area (Å²) in [7, 11) is 0. The lowest BCUT2D eigenvalue weighted by atomic mass is 9.63. The molecular formula is C21H34. The Labute approximate surface area is 132 Å². The van der Waals surface area contributed by atoms with Gasteiger partial charge >= 0.3 is 0 Å². The van der Waals surface area contributed by atoms with Crippen LogP contribution in [0.5, 0.6) is 0 Å². The van der Waals surface area contributed by atoms with Gasteiger partial charge in [-0.2, -0.15) is 0 Å². The number of hydrogen-bond acceptors (Lipinski definition) is 0. The Bertz CT molecular complexity index is 443. The third kappa shape index (κ3) is 3.52. The number of benzene rings is 1. The summed E-state index contributed by atoms with van der Waals surface area (Å²) in [6, 6.07) is 9.30. The number of fused-ring (bicyclic) bond motifs is 1. The summed E-state index contributed by atoms with van der Waals surface area (Å²) < 4.78 is 0. The van der Waals surface area contributed by atoms with Crippen LogP contribution in [0.15, 0.2) is 24.3 Å². The lowest BCUT2D eigenvalue weighted by molar-refractivity contribution is 0.178. The van der Waals surface area contributed by atoms with E-state index in [1.165, 1.54) is 25.7 Å². The smallest absolute Gasteiger partial charge is 0.000791 e. The van der Waals surface area contributed by atoms with Gasteiger partial charge in [0.1, 0.15) is 0 Å². The fourth-order valence-corrected chi connectivity index (χ4v) is 4.84. The van der Waals surface area contributed by atoms with Crippen LogP contribution in [0.1, 0.15) is 71.9 Å². The van der Waals surface area contributed by atoms with Crippen LogP contribution >= 0.6 is 0 Å². The zero-order chi connectivity index (χ0) is 15.6. The quantitative estimate of drug-likeness (QED) is 0.581. The number of hydrogen-bond donors (Lipinski definition) is 0. The van der Waals surface area contributed by atoms with Crippen molar-refractivity contribution < 1.29 is 0 Å². The van der Waals surface area contributed by atoms with E-state index in [2.05, 4.69) is 65.8 Å². The number of rotatable bonds is 6. The van der Waals surface area contributed by atoms with Gasteiger partial charge in [-0.25, -0.2) is 0 Å². The van der Waals surface area contributed by atoms with Crippen molar-refractivity contribution in [2.75, 3.05) is 0 Å². The van der Waals surface area contributed by atoms with Crippen LogP contribution in [-0.2, 0) is 11.8 Å². The molecule has 1 atom stereocenters. The Morgan fingerprint density at radius 1 is 0.905 bits per heavy atom. The van der Waals surface area contributed by atoms with E-state index in [4.69, 9.17) is 0 Å². The molecular weight excluding hydrogens is 252 g/mol. The average molecular weight is 287 g/mol. The maximum Gasteiger partial charge on any atom is -0.000791 e. The molecule has 0 bridgehead atoms. The second kappa shape index (κ2) is 6.55. The minimum absolute atomic E-state index is 0.420.